The Morgan fingerprint density at radius 1 is 1.05 bits per heavy atom. The minimum Gasteiger partial charge on any atom is -0.366 e. The van der Waals surface area contributed by atoms with E-state index in [0.29, 0.717) is 6.04 Å². The molecule has 0 atom stereocenters. The highest BCUT2D eigenvalue weighted by Crippen LogP contribution is 2.30. The zero-order valence-corrected chi connectivity index (χ0v) is 13.3. The van der Waals surface area contributed by atoms with Gasteiger partial charge in [-0.2, -0.15) is 0 Å². The summed E-state index contributed by atoms with van der Waals surface area (Å²) in [7, 11) is 0. The number of aromatic nitrogens is 2. The zero-order valence-electron chi connectivity index (χ0n) is 13.3. The van der Waals surface area contributed by atoms with Crippen molar-refractivity contribution < 1.29 is 0 Å². The summed E-state index contributed by atoms with van der Waals surface area (Å²) in [5, 5.41) is 7.27. The normalized spacial score (nSPS) is 21.3. The molecule has 1 aromatic heterocycles. The Hall–Kier alpha value is -1.68. The van der Waals surface area contributed by atoms with Crippen LogP contribution in [0, 0.1) is 0 Å². The van der Waals surface area contributed by atoms with E-state index in [1.165, 1.54) is 0 Å². The Morgan fingerprint density at radius 2 is 1.67 bits per heavy atom. The van der Waals surface area contributed by atoms with Gasteiger partial charge in [0.15, 0.2) is 0 Å². The number of para-hydroxylation sites is 2. The second-order valence-electron chi connectivity index (χ2n) is 7.39. The van der Waals surface area contributed by atoms with E-state index < -0.39 is 0 Å². The highest BCUT2D eigenvalue weighted by atomic mass is 15.1. The van der Waals surface area contributed by atoms with E-state index in [0.717, 1.165) is 29.7 Å². The summed E-state index contributed by atoms with van der Waals surface area (Å²) in [6, 6.07) is 8.39. The van der Waals surface area contributed by atoms with Crippen molar-refractivity contribution in [3.8, 4) is 0 Å². The SMILES string of the molecule is CC1(C)CC(Nc2cnc3ccccc3n2)CC(C)(C)N1. The fraction of sp³-hybridized carbons (Fsp3) is 0.529. The number of piperidine rings is 1. The van der Waals surface area contributed by atoms with Crippen molar-refractivity contribution >= 4 is 16.9 Å². The third-order valence-electron chi connectivity index (χ3n) is 3.99. The topological polar surface area (TPSA) is 49.8 Å². The molecule has 4 heteroatoms. The molecule has 21 heavy (non-hydrogen) atoms. The molecule has 0 unspecified atom stereocenters. The van der Waals surface area contributed by atoms with Gasteiger partial charge in [0.05, 0.1) is 17.2 Å². The maximum absolute atomic E-state index is 4.67. The molecule has 1 saturated heterocycles. The van der Waals surface area contributed by atoms with Gasteiger partial charge < -0.3 is 10.6 Å². The highest BCUT2D eigenvalue weighted by Gasteiger charge is 2.37. The van der Waals surface area contributed by atoms with Gasteiger partial charge in [-0.05, 0) is 52.7 Å². The van der Waals surface area contributed by atoms with Crippen LogP contribution in [0.1, 0.15) is 40.5 Å². The summed E-state index contributed by atoms with van der Waals surface area (Å²) in [5.74, 6) is 0.868. The number of anilines is 1. The molecule has 0 amide bonds. The van der Waals surface area contributed by atoms with Crippen LogP contribution in [0.15, 0.2) is 30.5 Å². The third-order valence-corrected chi connectivity index (χ3v) is 3.99. The Morgan fingerprint density at radius 3 is 2.33 bits per heavy atom. The molecule has 1 aromatic carbocycles. The fourth-order valence-corrected chi connectivity index (χ4v) is 3.66. The van der Waals surface area contributed by atoms with Gasteiger partial charge in [-0.15, -0.1) is 0 Å². The Kier molecular flexibility index (Phi) is 3.36. The van der Waals surface area contributed by atoms with Crippen molar-refractivity contribution in [2.24, 2.45) is 0 Å². The highest BCUT2D eigenvalue weighted by molar-refractivity contribution is 5.75. The quantitative estimate of drug-likeness (QED) is 0.888. The number of nitrogens with one attached hydrogen (secondary N) is 2. The van der Waals surface area contributed by atoms with Crippen molar-refractivity contribution in [1.82, 2.24) is 15.3 Å². The maximum atomic E-state index is 4.67. The number of rotatable bonds is 2. The van der Waals surface area contributed by atoms with Crippen molar-refractivity contribution in [3.05, 3.63) is 30.5 Å². The van der Waals surface area contributed by atoms with Gasteiger partial charge >= 0.3 is 0 Å². The summed E-state index contributed by atoms with van der Waals surface area (Å²) >= 11 is 0. The minimum absolute atomic E-state index is 0.129. The van der Waals surface area contributed by atoms with Gasteiger partial charge in [0.2, 0.25) is 0 Å². The lowest BCUT2D eigenvalue weighted by molar-refractivity contribution is 0.170. The number of hydrogen-bond acceptors (Lipinski definition) is 4. The van der Waals surface area contributed by atoms with Gasteiger partial charge in [-0.3, -0.25) is 4.98 Å². The third kappa shape index (κ3) is 3.32. The van der Waals surface area contributed by atoms with E-state index in [9.17, 15) is 0 Å². The summed E-state index contributed by atoms with van der Waals surface area (Å²) < 4.78 is 0. The Labute approximate surface area is 126 Å². The van der Waals surface area contributed by atoms with Crippen molar-refractivity contribution in [1.29, 1.82) is 0 Å². The average Bonchev–Trinajstić information content (AvgIpc) is 2.34. The molecule has 112 valence electrons. The molecule has 0 spiro atoms. The van der Waals surface area contributed by atoms with Crippen molar-refractivity contribution in [2.75, 3.05) is 5.32 Å². The maximum Gasteiger partial charge on any atom is 0.145 e. The number of hydrogen-bond donors (Lipinski definition) is 2. The monoisotopic (exact) mass is 284 g/mol. The summed E-state index contributed by atoms with van der Waals surface area (Å²) in [5.41, 5.74) is 2.14. The van der Waals surface area contributed by atoms with E-state index in [-0.39, 0.29) is 11.1 Å². The van der Waals surface area contributed by atoms with E-state index in [2.05, 4.69) is 48.3 Å². The first-order valence-electron chi connectivity index (χ1n) is 7.61. The second-order valence-corrected chi connectivity index (χ2v) is 7.39. The smallest absolute Gasteiger partial charge is 0.145 e. The molecule has 2 heterocycles. The first-order valence-corrected chi connectivity index (χ1v) is 7.61. The summed E-state index contributed by atoms with van der Waals surface area (Å²) in [6.07, 6.45) is 3.99. The summed E-state index contributed by atoms with van der Waals surface area (Å²) in [4.78, 5) is 9.15. The number of fused-ring (bicyclic) bond motifs is 1. The van der Waals surface area contributed by atoms with E-state index in [1.807, 2.05) is 30.5 Å². The first kappa shape index (κ1) is 14.3. The van der Waals surface area contributed by atoms with Crippen LogP contribution in [0.3, 0.4) is 0 Å². The second kappa shape index (κ2) is 4.95. The molecule has 1 aliphatic rings. The van der Waals surface area contributed by atoms with Gasteiger partial charge in [0.1, 0.15) is 5.82 Å². The molecule has 0 saturated carbocycles. The van der Waals surface area contributed by atoms with E-state index in [4.69, 9.17) is 0 Å². The number of nitrogens with zero attached hydrogens (tertiary/aromatic N) is 2. The molecule has 1 fully saturated rings. The van der Waals surface area contributed by atoms with E-state index >= 15 is 0 Å². The van der Waals surface area contributed by atoms with Crippen LogP contribution in [-0.4, -0.2) is 27.1 Å². The van der Waals surface area contributed by atoms with Crippen LogP contribution in [-0.2, 0) is 0 Å². The molecule has 0 aliphatic carbocycles. The van der Waals surface area contributed by atoms with Crippen LogP contribution < -0.4 is 10.6 Å². The average molecular weight is 284 g/mol. The van der Waals surface area contributed by atoms with Crippen LogP contribution in [0.25, 0.3) is 11.0 Å². The number of benzene rings is 1. The minimum atomic E-state index is 0.129. The standard InChI is InChI=1S/C17H24N4/c1-16(2)9-12(10-17(3,4)21-16)19-15-11-18-13-7-5-6-8-14(13)20-15/h5-8,11-12,21H,9-10H2,1-4H3,(H,19,20). The molecule has 1 aliphatic heterocycles. The molecule has 0 radical (unpaired) electrons. The van der Waals surface area contributed by atoms with Gasteiger partial charge in [0.25, 0.3) is 0 Å². The summed E-state index contributed by atoms with van der Waals surface area (Å²) in [6.45, 7) is 9.03. The lowest BCUT2D eigenvalue weighted by atomic mass is 9.79. The molecule has 0 bridgehead atoms. The fourth-order valence-electron chi connectivity index (χ4n) is 3.66. The predicted octanol–water partition coefficient (Wildman–Crippen LogP) is 3.35. The Balaban J connectivity index is 1.81. The molecule has 3 rings (SSSR count). The van der Waals surface area contributed by atoms with Crippen LogP contribution in [0.4, 0.5) is 5.82 Å². The zero-order chi connectivity index (χ0) is 15.1. The van der Waals surface area contributed by atoms with Crippen molar-refractivity contribution in [3.63, 3.8) is 0 Å². The molecular formula is C17H24N4. The van der Waals surface area contributed by atoms with E-state index in [1.54, 1.807) is 0 Å². The van der Waals surface area contributed by atoms with Gasteiger partial charge in [0, 0.05) is 17.1 Å². The predicted molar refractivity (Wildman–Crippen MR) is 87.5 cm³/mol. The lowest BCUT2D eigenvalue weighted by Crippen LogP contribution is -2.60. The molecular weight excluding hydrogens is 260 g/mol. The first-order chi connectivity index (χ1) is 9.83. The van der Waals surface area contributed by atoms with Crippen molar-refractivity contribution in [2.45, 2.75) is 57.7 Å². The van der Waals surface area contributed by atoms with Crippen LogP contribution in [0.5, 0.6) is 0 Å². The Bertz CT molecular complexity index is 632. The molecule has 4 nitrogen and oxygen atoms in total. The molecule has 2 N–H and O–H groups in total. The largest absolute Gasteiger partial charge is 0.366 e. The van der Waals surface area contributed by atoms with Gasteiger partial charge in [-0.1, -0.05) is 12.1 Å². The molecule has 2 aromatic rings. The van der Waals surface area contributed by atoms with Gasteiger partial charge in [-0.25, -0.2) is 4.98 Å². The lowest BCUT2D eigenvalue weighted by Gasteiger charge is -2.46. The van der Waals surface area contributed by atoms with Crippen LogP contribution >= 0.6 is 0 Å². The van der Waals surface area contributed by atoms with Crippen LogP contribution in [0.2, 0.25) is 0 Å².